The van der Waals surface area contributed by atoms with Crippen LogP contribution in [0.5, 0.6) is 0 Å². The van der Waals surface area contributed by atoms with Crippen molar-refractivity contribution in [2.75, 3.05) is 17.3 Å². The maximum absolute atomic E-state index is 12.3. The maximum atomic E-state index is 12.3. The largest absolute Gasteiger partial charge is 0.325 e. The fourth-order valence-electron chi connectivity index (χ4n) is 2.71. The van der Waals surface area contributed by atoms with Gasteiger partial charge in [0, 0.05) is 22.9 Å². The molecule has 0 aliphatic heterocycles. The Morgan fingerprint density at radius 1 is 1.07 bits per heavy atom. The van der Waals surface area contributed by atoms with Gasteiger partial charge < -0.3 is 9.88 Å². The SMILES string of the molecule is CCn1c(CSCc2ccccc2)nnc1SCC(=O)Nc1cccc(SC)c1. The molecule has 0 unspecified atom stereocenters. The van der Waals surface area contributed by atoms with Gasteiger partial charge in [-0.1, -0.05) is 48.2 Å². The normalized spacial score (nSPS) is 10.8. The first-order chi connectivity index (χ1) is 14.2. The van der Waals surface area contributed by atoms with Crippen molar-refractivity contribution in [1.82, 2.24) is 14.8 Å². The molecule has 0 radical (unpaired) electrons. The van der Waals surface area contributed by atoms with Crippen LogP contribution in [0.15, 0.2) is 64.6 Å². The highest BCUT2D eigenvalue weighted by molar-refractivity contribution is 7.99. The Labute approximate surface area is 184 Å². The summed E-state index contributed by atoms with van der Waals surface area (Å²) in [6.07, 6.45) is 2.02. The first-order valence-corrected chi connectivity index (χ1v) is 12.7. The Hall–Kier alpha value is -1.90. The van der Waals surface area contributed by atoms with Crippen LogP contribution in [0.3, 0.4) is 0 Å². The zero-order chi connectivity index (χ0) is 20.5. The number of hydrogen-bond acceptors (Lipinski definition) is 6. The highest BCUT2D eigenvalue weighted by Crippen LogP contribution is 2.23. The van der Waals surface area contributed by atoms with Gasteiger partial charge in [0.2, 0.25) is 5.91 Å². The number of carbonyl (C=O) groups excluding carboxylic acids is 1. The number of hydrogen-bond donors (Lipinski definition) is 1. The molecule has 0 fully saturated rings. The van der Waals surface area contributed by atoms with Gasteiger partial charge in [-0.05, 0) is 36.9 Å². The van der Waals surface area contributed by atoms with E-state index in [-0.39, 0.29) is 5.91 Å². The van der Waals surface area contributed by atoms with Crippen LogP contribution in [0, 0.1) is 0 Å². The van der Waals surface area contributed by atoms with Crippen LogP contribution in [0.1, 0.15) is 18.3 Å². The number of benzene rings is 2. The van der Waals surface area contributed by atoms with Crippen molar-refractivity contribution >= 4 is 46.9 Å². The van der Waals surface area contributed by atoms with Crippen molar-refractivity contribution in [1.29, 1.82) is 0 Å². The first kappa shape index (κ1) is 21.8. The third-order valence-corrected chi connectivity index (χ3v) is 6.83. The highest BCUT2D eigenvalue weighted by atomic mass is 32.2. The van der Waals surface area contributed by atoms with Gasteiger partial charge in [-0.3, -0.25) is 4.79 Å². The molecule has 1 N–H and O–H groups in total. The fraction of sp³-hybridized carbons (Fsp3) is 0.286. The molecule has 29 heavy (non-hydrogen) atoms. The van der Waals surface area contributed by atoms with Gasteiger partial charge in [0.15, 0.2) is 5.16 Å². The molecule has 152 valence electrons. The number of anilines is 1. The summed E-state index contributed by atoms with van der Waals surface area (Å²) in [5.74, 6) is 2.95. The van der Waals surface area contributed by atoms with E-state index in [1.54, 1.807) is 11.8 Å². The van der Waals surface area contributed by atoms with Gasteiger partial charge in [0.05, 0.1) is 11.5 Å². The predicted octanol–water partition coefficient (Wildman–Crippen LogP) is 5.18. The number of amides is 1. The molecule has 0 saturated heterocycles. The average molecular weight is 445 g/mol. The summed E-state index contributed by atoms with van der Waals surface area (Å²) in [5, 5.41) is 12.4. The summed E-state index contributed by atoms with van der Waals surface area (Å²) in [6.45, 7) is 2.86. The molecule has 3 aromatic rings. The lowest BCUT2D eigenvalue weighted by Gasteiger charge is -2.08. The van der Waals surface area contributed by atoms with Crippen LogP contribution < -0.4 is 5.32 Å². The van der Waals surface area contributed by atoms with Gasteiger partial charge in [-0.25, -0.2) is 0 Å². The summed E-state index contributed by atoms with van der Waals surface area (Å²) in [6, 6.07) is 18.3. The molecule has 0 spiro atoms. The van der Waals surface area contributed by atoms with Crippen LogP contribution in [-0.4, -0.2) is 32.7 Å². The second kappa shape index (κ2) is 11.3. The summed E-state index contributed by atoms with van der Waals surface area (Å²) < 4.78 is 2.09. The molecular formula is C21H24N4OS3. The molecule has 5 nitrogen and oxygen atoms in total. The highest BCUT2D eigenvalue weighted by Gasteiger charge is 2.13. The Morgan fingerprint density at radius 3 is 2.66 bits per heavy atom. The molecule has 0 aliphatic rings. The summed E-state index contributed by atoms with van der Waals surface area (Å²) in [5.41, 5.74) is 2.12. The minimum absolute atomic E-state index is 0.0427. The molecular weight excluding hydrogens is 420 g/mol. The quantitative estimate of drug-likeness (QED) is 0.435. The van der Waals surface area contributed by atoms with Crippen molar-refractivity contribution in [2.24, 2.45) is 0 Å². The second-order valence-electron chi connectivity index (χ2n) is 6.19. The van der Waals surface area contributed by atoms with Gasteiger partial charge >= 0.3 is 0 Å². The molecule has 0 atom stereocenters. The number of nitrogens with one attached hydrogen (secondary N) is 1. The van der Waals surface area contributed by atoms with Crippen molar-refractivity contribution < 1.29 is 4.79 Å². The van der Waals surface area contributed by atoms with Crippen LogP contribution >= 0.6 is 35.3 Å². The number of nitrogens with zero attached hydrogens (tertiary/aromatic N) is 3. The average Bonchev–Trinajstić information content (AvgIpc) is 3.15. The monoisotopic (exact) mass is 444 g/mol. The third kappa shape index (κ3) is 6.55. The zero-order valence-corrected chi connectivity index (χ0v) is 18.9. The topological polar surface area (TPSA) is 59.8 Å². The van der Waals surface area contributed by atoms with E-state index in [0.29, 0.717) is 5.75 Å². The fourth-order valence-corrected chi connectivity index (χ4v) is 4.92. The minimum atomic E-state index is -0.0427. The van der Waals surface area contributed by atoms with Crippen LogP contribution in [0.4, 0.5) is 5.69 Å². The summed E-state index contributed by atoms with van der Waals surface area (Å²) in [7, 11) is 0. The molecule has 0 saturated carbocycles. The molecule has 1 amide bonds. The Morgan fingerprint density at radius 2 is 1.90 bits per heavy atom. The van der Waals surface area contributed by atoms with E-state index in [1.165, 1.54) is 17.3 Å². The van der Waals surface area contributed by atoms with Crippen molar-refractivity contribution in [3.05, 3.63) is 66.0 Å². The number of aromatic nitrogens is 3. The third-order valence-electron chi connectivity index (χ3n) is 4.14. The number of rotatable bonds is 10. The lowest BCUT2D eigenvalue weighted by Crippen LogP contribution is -2.14. The molecule has 1 aromatic heterocycles. The van der Waals surface area contributed by atoms with E-state index in [0.717, 1.165) is 39.6 Å². The predicted molar refractivity (Wildman–Crippen MR) is 125 cm³/mol. The standard InChI is InChI=1S/C21H24N4OS3/c1-3-25-19(14-28-13-16-8-5-4-6-9-16)23-24-21(25)29-15-20(26)22-17-10-7-11-18(12-17)27-2/h4-12H,3,13-15H2,1-2H3,(H,22,26). The van der Waals surface area contributed by atoms with Crippen LogP contribution in [0.2, 0.25) is 0 Å². The second-order valence-corrected chi connectivity index (χ2v) is 9.00. The Kier molecular flexibility index (Phi) is 8.52. The molecule has 0 bridgehead atoms. The van der Waals surface area contributed by atoms with E-state index < -0.39 is 0 Å². The van der Waals surface area contributed by atoms with Crippen LogP contribution in [-0.2, 0) is 22.8 Å². The van der Waals surface area contributed by atoms with Crippen molar-refractivity contribution in [2.45, 2.75) is 35.0 Å². The van der Waals surface area contributed by atoms with Gasteiger partial charge in [0.1, 0.15) is 5.82 Å². The van der Waals surface area contributed by atoms with Crippen molar-refractivity contribution in [3.8, 4) is 0 Å². The summed E-state index contributed by atoms with van der Waals surface area (Å²) in [4.78, 5) is 13.4. The van der Waals surface area contributed by atoms with Gasteiger partial charge in [-0.2, -0.15) is 0 Å². The summed E-state index contributed by atoms with van der Waals surface area (Å²) >= 11 is 4.89. The molecule has 3 rings (SSSR count). The van der Waals surface area contributed by atoms with Gasteiger partial charge in [-0.15, -0.1) is 33.7 Å². The lowest BCUT2D eigenvalue weighted by molar-refractivity contribution is -0.113. The smallest absolute Gasteiger partial charge is 0.234 e. The molecule has 1 heterocycles. The molecule has 0 aliphatic carbocycles. The first-order valence-electron chi connectivity index (χ1n) is 9.30. The maximum Gasteiger partial charge on any atom is 0.234 e. The van der Waals surface area contributed by atoms with E-state index in [1.807, 2.05) is 48.3 Å². The van der Waals surface area contributed by atoms with E-state index in [4.69, 9.17) is 0 Å². The number of carbonyl (C=O) groups is 1. The van der Waals surface area contributed by atoms with E-state index in [9.17, 15) is 4.79 Å². The molecule has 8 heteroatoms. The van der Waals surface area contributed by atoms with E-state index >= 15 is 0 Å². The molecule has 2 aromatic carbocycles. The van der Waals surface area contributed by atoms with E-state index in [2.05, 4.69) is 51.3 Å². The number of thioether (sulfide) groups is 3. The lowest BCUT2D eigenvalue weighted by atomic mass is 10.2. The minimum Gasteiger partial charge on any atom is -0.325 e. The van der Waals surface area contributed by atoms with Crippen LogP contribution in [0.25, 0.3) is 0 Å². The zero-order valence-electron chi connectivity index (χ0n) is 16.5. The van der Waals surface area contributed by atoms with Gasteiger partial charge in [0.25, 0.3) is 0 Å². The van der Waals surface area contributed by atoms with Crippen molar-refractivity contribution in [3.63, 3.8) is 0 Å². The Bertz CT molecular complexity index is 931. The Balaban J connectivity index is 1.52.